The van der Waals surface area contributed by atoms with E-state index in [-0.39, 0.29) is 0 Å². The molecule has 2 aromatic heterocycles. The molecule has 0 saturated heterocycles. The number of aromatic nitrogens is 2. The van der Waals surface area contributed by atoms with Crippen LogP contribution in [0.2, 0.25) is 0 Å². The summed E-state index contributed by atoms with van der Waals surface area (Å²) in [5.74, 6) is 1.97. The van der Waals surface area contributed by atoms with Gasteiger partial charge in [-0.2, -0.15) is 0 Å². The van der Waals surface area contributed by atoms with Gasteiger partial charge in [-0.3, -0.25) is 0 Å². The fraction of sp³-hybridized carbons (Fsp3) is 0.238. The number of fused-ring (bicyclic) bond motifs is 2. The minimum atomic E-state index is 0.688. The Kier molecular flexibility index (Phi) is 3.98. The molecule has 0 fully saturated rings. The highest BCUT2D eigenvalue weighted by atomic mass is 16.5. The van der Waals surface area contributed by atoms with E-state index in [0.717, 1.165) is 29.0 Å². The van der Waals surface area contributed by atoms with Gasteiger partial charge in [0.05, 0.1) is 5.52 Å². The molecule has 1 radical (unpaired) electrons. The molecule has 1 N–H and O–H groups in total. The second kappa shape index (κ2) is 6.30. The summed E-state index contributed by atoms with van der Waals surface area (Å²) < 4.78 is 8.05. The standard InChI is InChI=1S/C21H22N3O/c1-15-14-24(20-7-5-4-6-18(15)20)21-13-16-12-17(8-9-19(16)22-21)25-11-10-23(2)3/h5-9,12-14,22H,10-11H2,1-3H3. The summed E-state index contributed by atoms with van der Waals surface area (Å²) in [4.78, 5) is 5.62. The van der Waals surface area contributed by atoms with Gasteiger partial charge in [-0.05, 0) is 69.0 Å². The number of hydrogen-bond acceptors (Lipinski definition) is 2. The first kappa shape index (κ1) is 15.8. The van der Waals surface area contributed by atoms with E-state index in [0.29, 0.717) is 6.61 Å². The van der Waals surface area contributed by atoms with Crippen molar-refractivity contribution < 1.29 is 4.74 Å². The lowest BCUT2D eigenvalue weighted by atomic mass is 10.2. The van der Waals surface area contributed by atoms with Crippen molar-refractivity contribution in [1.82, 2.24) is 14.5 Å². The van der Waals surface area contributed by atoms with Gasteiger partial charge in [0.1, 0.15) is 18.2 Å². The third-order valence-electron chi connectivity index (χ3n) is 4.49. The molecule has 25 heavy (non-hydrogen) atoms. The summed E-state index contributed by atoms with van der Waals surface area (Å²) in [6.45, 7) is 3.72. The van der Waals surface area contributed by atoms with Crippen LogP contribution in [-0.2, 0) is 0 Å². The van der Waals surface area contributed by atoms with E-state index in [1.54, 1.807) is 0 Å². The zero-order chi connectivity index (χ0) is 17.4. The first-order chi connectivity index (χ1) is 12.1. The lowest BCUT2D eigenvalue weighted by Gasteiger charge is -2.10. The fourth-order valence-corrected chi connectivity index (χ4v) is 3.14. The van der Waals surface area contributed by atoms with Crippen LogP contribution in [0.1, 0.15) is 5.56 Å². The van der Waals surface area contributed by atoms with Crippen molar-refractivity contribution in [2.45, 2.75) is 6.92 Å². The molecule has 0 spiro atoms. The van der Waals surface area contributed by atoms with Crippen molar-refractivity contribution in [2.75, 3.05) is 27.2 Å². The summed E-state index contributed by atoms with van der Waals surface area (Å²) in [5.41, 5.74) is 3.54. The van der Waals surface area contributed by atoms with Crippen molar-refractivity contribution in [3.05, 3.63) is 60.3 Å². The minimum absolute atomic E-state index is 0.688. The Balaban J connectivity index is 1.69. The summed E-state index contributed by atoms with van der Waals surface area (Å²) in [7, 11) is 4.10. The molecule has 0 aliphatic carbocycles. The van der Waals surface area contributed by atoms with Gasteiger partial charge in [0.2, 0.25) is 0 Å². The molecule has 2 heterocycles. The Morgan fingerprint density at radius 3 is 2.92 bits per heavy atom. The van der Waals surface area contributed by atoms with Gasteiger partial charge in [0.25, 0.3) is 0 Å². The minimum Gasteiger partial charge on any atom is -0.492 e. The summed E-state index contributed by atoms with van der Waals surface area (Å²) in [6.07, 6.45) is 2.16. The number of H-pyrrole nitrogens is 1. The van der Waals surface area contributed by atoms with E-state index in [1.165, 1.54) is 16.5 Å². The average molecular weight is 332 g/mol. The number of hydrogen-bond donors (Lipinski definition) is 1. The molecule has 0 saturated carbocycles. The topological polar surface area (TPSA) is 33.2 Å². The number of aromatic amines is 1. The molecule has 4 aromatic rings. The van der Waals surface area contributed by atoms with Gasteiger partial charge in [0.15, 0.2) is 0 Å². The second-order valence-electron chi connectivity index (χ2n) is 6.68. The van der Waals surface area contributed by atoms with Crippen LogP contribution in [0.4, 0.5) is 0 Å². The van der Waals surface area contributed by atoms with E-state index >= 15 is 0 Å². The average Bonchev–Trinajstić information content (AvgIpc) is 3.16. The van der Waals surface area contributed by atoms with Crippen LogP contribution in [0.25, 0.3) is 27.6 Å². The Bertz CT molecular complexity index is 1030. The van der Waals surface area contributed by atoms with Crippen molar-refractivity contribution in [1.29, 1.82) is 0 Å². The number of likely N-dealkylation sites (N-methyl/N-ethyl adjacent to an activating group) is 1. The molecule has 0 aliphatic heterocycles. The van der Waals surface area contributed by atoms with Crippen molar-refractivity contribution >= 4 is 21.8 Å². The van der Waals surface area contributed by atoms with E-state index in [9.17, 15) is 0 Å². The van der Waals surface area contributed by atoms with Crippen molar-refractivity contribution in [2.24, 2.45) is 0 Å². The van der Waals surface area contributed by atoms with E-state index in [2.05, 4.69) is 57.9 Å². The first-order valence-corrected chi connectivity index (χ1v) is 8.50. The Morgan fingerprint density at radius 2 is 2.08 bits per heavy atom. The van der Waals surface area contributed by atoms with Crippen LogP contribution in [0, 0.1) is 13.0 Å². The maximum absolute atomic E-state index is 5.85. The molecule has 127 valence electrons. The lowest BCUT2D eigenvalue weighted by Crippen LogP contribution is -2.19. The molecule has 4 nitrogen and oxygen atoms in total. The highest BCUT2D eigenvalue weighted by Gasteiger charge is 2.09. The number of nitrogens with zero attached hydrogens (tertiary/aromatic N) is 2. The number of rotatable bonds is 5. The van der Waals surface area contributed by atoms with Crippen LogP contribution < -0.4 is 4.74 Å². The molecule has 0 amide bonds. The highest BCUT2D eigenvalue weighted by molar-refractivity contribution is 5.88. The highest BCUT2D eigenvalue weighted by Crippen LogP contribution is 2.27. The van der Waals surface area contributed by atoms with Gasteiger partial charge in [-0.25, -0.2) is 0 Å². The predicted molar refractivity (Wildman–Crippen MR) is 103 cm³/mol. The quantitative estimate of drug-likeness (QED) is 0.595. The molecule has 2 aromatic carbocycles. The predicted octanol–water partition coefficient (Wildman–Crippen LogP) is 4.16. The largest absolute Gasteiger partial charge is 0.492 e. The zero-order valence-electron chi connectivity index (χ0n) is 14.8. The SMILES string of the molecule is Cc1cn(-c2cc3cc(OCCN(C)C)ccc3[nH]2)c2cc[c]cc12. The molecule has 0 unspecified atom stereocenters. The Hall–Kier alpha value is -2.72. The first-order valence-electron chi connectivity index (χ1n) is 8.50. The fourth-order valence-electron chi connectivity index (χ4n) is 3.14. The van der Waals surface area contributed by atoms with Crippen LogP contribution in [0.3, 0.4) is 0 Å². The van der Waals surface area contributed by atoms with Crippen LogP contribution in [0.5, 0.6) is 5.75 Å². The molecule has 0 aliphatic rings. The number of nitrogens with one attached hydrogen (secondary N) is 1. The van der Waals surface area contributed by atoms with Gasteiger partial charge in [-0.1, -0.05) is 6.07 Å². The van der Waals surface area contributed by atoms with Crippen molar-refractivity contribution in [3.63, 3.8) is 0 Å². The molecule has 4 heteroatoms. The molecular formula is C21H22N3O. The number of benzene rings is 2. The normalized spacial score (nSPS) is 11.7. The van der Waals surface area contributed by atoms with Gasteiger partial charge < -0.3 is 19.2 Å². The van der Waals surface area contributed by atoms with Gasteiger partial charge in [0, 0.05) is 29.0 Å². The molecular weight excluding hydrogens is 310 g/mol. The van der Waals surface area contributed by atoms with Crippen LogP contribution >= 0.6 is 0 Å². The Labute approximate surface area is 147 Å². The summed E-state index contributed by atoms with van der Waals surface area (Å²) >= 11 is 0. The van der Waals surface area contributed by atoms with E-state index < -0.39 is 0 Å². The molecule has 0 atom stereocenters. The van der Waals surface area contributed by atoms with Gasteiger partial charge in [-0.15, -0.1) is 0 Å². The maximum Gasteiger partial charge on any atom is 0.120 e. The monoisotopic (exact) mass is 332 g/mol. The third-order valence-corrected chi connectivity index (χ3v) is 4.49. The van der Waals surface area contributed by atoms with E-state index in [4.69, 9.17) is 4.74 Å². The Morgan fingerprint density at radius 1 is 1.20 bits per heavy atom. The number of aryl methyl sites for hydroxylation is 1. The van der Waals surface area contributed by atoms with E-state index in [1.807, 2.05) is 32.3 Å². The van der Waals surface area contributed by atoms with Crippen LogP contribution in [-0.4, -0.2) is 41.7 Å². The zero-order valence-corrected chi connectivity index (χ0v) is 14.8. The summed E-state index contributed by atoms with van der Waals surface area (Å²) in [5, 5.41) is 2.38. The maximum atomic E-state index is 5.85. The summed E-state index contributed by atoms with van der Waals surface area (Å²) in [6, 6.07) is 17.6. The van der Waals surface area contributed by atoms with Crippen LogP contribution in [0.15, 0.2) is 48.7 Å². The third kappa shape index (κ3) is 3.01. The number of ether oxygens (including phenoxy) is 1. The smallest absolute Gasteiger partial charge is 0.120 e. The van der Waals surface area contributed by atoms with Crippen molar-refractivity contribution in [3.8, 4) is 11.6 Å². The lowest BCUT2D eigenvalue weighted by molar-refractivity contribution is 0.261. The molecule has 4 rings (SSSR count). The van der Waals surface area contributed by atoms with Gasteiger partial charge >= 0.3 is 0 Å². The molecule has 0 bridgehead atoms. The second-order valence-corrected chi connectivity index (χ2v) is 6.68.